The van der Waals surface area contributed by atoms with Crippen LogP contribution in [0.3, 0.4) is 0 Å². The van der Waals surface area contributed by atoms with Gasteiger partial charge in [0.15, 0.2) is 0 Å². The van der Waals surface area contributed by atoms with Gasteiger partial charge in [-0.3, -0.25) is 9.69 Å². The monoisotopic (exact) mass is 391 g/mol. The molecule has 0 aromatic heterocycles. The smallest absolute Gasteiger partial charge is 0.234 e. The van der Waals surface area contributed by atoms with Crippen LogP contribution in [0.4, 0.5) is 5.69 Å². The Labute approximate surface area is 172 Å². The van der Waals surface area contributed by atoms with Gasteiger partial charge in [0.05, 0.1) is 19.2 Å². The molecule has 1 fully saturated rings. The van der Waals surface area contributed by atoms with Gasteiger partial charge in [-0.1, -0.05) is 36.4 Å². The molecule has 3 aliphatic rings. The van der Waals surface area contributed by atoms with Gasteiger partial charge in [0.2, 0.25) is 5.91 Å². The Kier molecular flexibility index (Phi) is 5.15. The first-order valence-corrected chi connectivity index (χ1v) is 10.9. The molecule has 5 nitrogen and oxygen atoms in total. The number of carbonyl (C=O) groups is 1. The summed E-state index contributed by atoms with van der Waals surface area (Å²) in [5, 5.41) is 3.26. The highest BCUT2D eigenvalue weighted by Gasteiger charge is 2.31. The third kappa shape index (κ3) is 3.84. The van der Waals surface area contributed by atoms with Crippen LogP contribution < -0.4 is 15.0 Å². The van der Waals surface area contributed by atoms with E-state index in [1.807, 2.05) is 18.2 Å². The molecule has 3 aliphatic heterocycles. The molecule has 29 heavy (non-hydrogen) atoms. The average Bonchev–Trinajstić information content (AvgIpc) is 3.36. The molecule has 152 valence electrons. The molecule has 0 bridgehead atoms. The molecule has 3 heterocycles. The predicted molar refractivity (Wildman–Crippen MR) is 114 cm³/mol. The van der Waals surface area contributed by atoms with Crippen LogP contribution in [0.15, 0.2) is 48.5 Å². The highest BCUT2D eigenvalue weighted by molar-refractivity contribution is 5.78. The number of nitrogens with zero attached hydrogens (tertiary/aromatic N) is 2. The fourth-order valence-corrected chi connectivity index (χ4v) is 5.08. The highest BCUT2D eigenvalue weighted by atomic mass is 16.5. The Bertz CT molecular complexity index is 884. The van der Waals surface area contributed by atoms with Crippen molar-refractivity contribution in [2.24, 2.45) is 0 Å². The zero-order chi connectivity index (χ0) is 19.6. The van der Waals surface area contributed by atoms with Gasteiger partial charge in [-0.25, -0.2) is 0 Å². The summed E-state index contributed by atoms with van der Waals surface area (Å²) in [6, 6.07) is 17.3. The third-order valence-corrected chi connectivity index (χ3v) is 6.55. The van der Waals surface area contributed by atoms with Crippen LogP contribution in [0.5, 0.6) is 5.75 Å². The van der Waals surface area contributed by atoms with Crippen molar-refractivity contribution in [1.82, 2.24) is 10.2 Å². The molecule has 0 radical (unpaired) electrons. The lowest BCUT2D eigenvalue weighted by molar-refractivity contribution is -0.123. The van der Waals surface area contributed by atoms with E-state index in [0.717, 1.165) is 43.8 Å². The van der Waals surface area contributed by atoms with E-state index in [9.17, 15) is 4.79 Å². The van der Waals surface area contributed by atoms with Crippen molar-refractivity contribution in [3.63, 3.8) is 0 Å². The van der Waals surface area contributed by atoms with E-state index in [2.05, 4.69) is 45.4 Å². The lowest BCUT2D eigenvalue weighted by Crippen LogP contribution is -2.45. The van der Waals surface area contributed by atoms with Gasteiger partial charge in [0.1, 0.15) is 5.75 Å². The number of fused-ring (bicyclic) bond motifs is 2. The van der Waals surface area contributed by atoms with Gasteiger partial charge in [0, 0.05) is 36.8 Å². The zero-order valence-electron chi connectivity index (χ0n) is 16.8. The van der Waals surface area contributed by atoms with Gasteiger partial charge in [-0.2, -0.15) is 0 Å². The number of ether oxygens (including phenoxy) is 1. The molecule has 5 heteroatoms. The minimum absolute atomic E-state index is 0.0546. The highest BCUT2D eigenvalue weighted by Crippen LogP contribution is 2.32. The van der Waals surface area contributed by atoms with E-state index in [1.54, 1.807) is 0 Å². The van der Waals surface area contributed by atoms with Crippen molar-refractivity contribution < 1.29 is 9.53 Å². The number of nitrogens with one attached hydrogen (secondary N) is 1. The number of benzene rings is 2. The second-order valence-electron chi connectivity index (χ2n) is 8.39. The van der Waals surface area contributed by atoms with E-state index < -0.39 is 0 Å². The van der Waals surface area contributed by atoms with E-state index in [1.165, 1.54) is 24.1 Å². The molecule has 0 aliphatic carbocycles. The van der Waals surface area contributed by atoms with Gasteiger partial charge in [-0.15, -0.1) is 0 Å². The summed E-state index contributed by atoms with van der Waals surface area (Å²) in [7, 11) is 0. The quantitative estimate of drug-likeness (QED) is 0.851. The van der Waals surface area contributed by atoms with E-state index >= 15 is 0 Å². The van der Waals surface area contributed by atoms with E-state index in [-0.39, 0.29) is 11.9 Å². The number of anilines is 1. The number of carbonyl (C=O) groups excluding carboxylic acids is 1. The normalized spacial score (nSPS) is 23.4. The number of para-hydroxylation sites is 2. The molecule has 1 amide bonds. The summed E-state index contributed by atoms with van der Waals surface area (Å²) >= 11 is 0. The number of hydrogen-bond donors (Lipinski definition) is 1. The SMILES string of the molecule is O=C(CN1CCC[C@@H]1CN1CCc2ccccc21)N[C@@H]1CCOc2ccccc21. The lowest BCUT2D eigenvalue weighted by Gasteiger charge is -2.31. The second-order valence-corrected chi connectivity index (χ2v) is 8.39. The summed E-state index contributed by atoms with van der Waals surface area (Å²) in [5.74, 6) is 1.02. The van der Waals surface area contributed by atoms with Crippen LogP contribution in [0.1, 0.15) is 36.4 Å². The number of rotatable bonds is 5. The lowest BCUT2D eigenvalue weighted by atomic mass is 10.0. The first kappa shape index (κ1) is 18.5. The summed E-state index contributed by atoms with van der Waals surface area (Å²) in [6.45, 7) is 4.26. The maximum atomic E-state index is 12.9. The van der Waals surface area contributed by atoms with Crippen molar-refractivity contribution in [3.8, 4) is 5.75 Å². The van der Waals surface area contributed by atoms with Crippen LogP contribution in [-0.2, 0) is 11.2 Å². The van der Waals surface area contributed by atoms with Crippen molar-refractivity contribution in [2.75, 3.05) is 37.7 Å². The van der Waals surface area contributed by atoms with Gasteiger partial charge in [0.25, 0.3) is 0 Å². The number of hydrogen-bond acceptors (Lipinski definition) is 4. The number of amides is 1. The Balaban J connectivity index is 1.20. The Morgan fingerprint density at radius 1 is 1.07 bits per heavy atom. The van der Waals surface area contributed by atoms with E-state index in [0.29, 0.717) is 19.2 Å². The van der Waals surface area contributed by atoms with Crippen LogP contribution in [-0.4, -0.2) is 49.6 Å². The van der Waals surface area contributed by atoms with Crippen LogP contribution >= 0.6 is 0 Å². The van der Waals surface area contributed by atoms with Crippen LogP contribution in [0, 0.1) is 0 Å². The minimum atomic E-state index is 0.0546. The molecule has 0 spiro atoms. The van der Waals surface area contributed by atoms with Crippen LogP contribution in [0.25, 0.3) is 0 Å². The third-order valence-electron chi connectivity index (χ3n) is 6.55. The molecular formula is C24H29N3O2. The summed E-state index contributed by atoms with van der Waals surface area (Å²) in [5.41, 5.74) is 3.93. The van der Waals surface area contributed by atoms with Crippen molar-refractivity contribution in [2.45, 2.75) is 37.8 Å². The van der Waals surface area contributed by atoms with Crippen molar-refractivity contribution >= 4 is 11.6 Å². The molecule has 5 rings (SSSR count). The standard InChI is InChI=1S/C24H29N3O2/c28-24(25-21-12-15-29-23-10-4-2-8-20(21)23)17-26-13-5-7-19(26)16-27-14-11-18-6-1-3-9-22(18)27/h1-4,6,8-10,19,21H,5,7,11-17H2,(H,25,28)/t19-,21-/m1/s1. The molecule has 2 atom stereocenters. The summed E-state index contributed by atoms with van der Waals surface area (Å²) in [4.78, 5) is 17.7. The fraction of sp³-hybridized carbons (Fsp3) is 0.458. The molecule has 0 saturated carbocycles. The first-order valence-electron chi connectivity index (χ1n) is 10.9. The van der Waals surface area contributed by atoms with Crippen LogP contribution in [0.2, 0.25) is 0 Å². The Morgan fingerprint density at radius 2 is 1.93 bits per heavy atom. The van der Waals surface area contributed by atoms with Gasteiger partial charge in [-0.05, 0) is 43.5 Å². The number of likely N-dealkylation sites (tertiary alicyclic amines) is 1. The maximum absolute atomic E-state index is 12.9. The summed E-state index contributed by atoms with van der Waals surface area (Å²) < 4.78 is 5.72. The molecule has 2 aromatic carbocycles. The zero-order valence-corrected chi connectivity index (χ0v) is 16.8. The first-order chi connectivity index (χ1) is 14.3. The molecule has 0 unspecified atom stereocenters. The fourth-order valence-electron chi connectivity index (χ4n) is 5.08. The maximum Gasteiger partial charge on any atom is 0.234 e. The Morgan fingerprint density at radius 3 is 2.90 bits per heavy atom. The van der Waals surface area contributed by atoms with E-state index in [4.69, 9.17) is 4.74 Å². The largest absolute Gasteiger partial charge is 0.493 e. The summed E-state index contributed by atoms with van der Waals surface area (Å²) in [6.07, 6.45) is 4.31. The van der Waals surface area contributed by atoms with Crippen molar-refractivity contribution in [3.05, 3.63) is 59.7 Å². The van der Waals surface area contributed by atoms with Gasteiger partial charge >= 0.3 is 0 Å². The van der Waals surface area contributed by atoms with Crippen molar-refractivity contribution in [1.29, 1.82) is 0 Å². The average molecular weight is 392 g/mol. The minimum Gasteiger partial charge on any atom is -0.493 e. The molecule has 1 N–H and O–H groups in total. The predicted octanol–water partition coefficient (Wildman–Crippen LogP) is 3.15. The molecule has 1 saturated heterocycles. The molecular weight excluding hydrogens is 362 g/mol. The second kappa shape index (κ2) is 8.07. The topological polar surface area (TPSA) is 44.8 Å². The molecule has 2 aromatic rings. The van der Waals surface area contributed by atoms with Gasteiger partial charge < -0.3 is 15.0 Å². The Hall–Kier alpha value is -2.53.